The summed E-state index contributed by atoms with van der Waals surface area (Å²) in [4.78, 5) is 23.1. The fourth-order valence-corrected chi connectivity index (χ4v) is 1.97. The Kier molecular flexibility index (Phi) is 6.16. The van der Waals surface area contributed by atoms with Crippen molar-refractivity contribution in [2.75, 3.05) is 13.7 Å². The van der Waals surface area contributed by atoms with Gasteiger partial charge in [-0.25, -0.2) is 4.79 Å². The maximum Gasteiger partial charge on any atom is 0.416 e. The minimum absolute atomic E-state index is 0.238. The van der Waals surface area contributed by atoms with Gasteiger partial charge in [-0.15, -0.1) is 0 Å². The van der Waals surface area contributed by atoms with Crippen LogP contribution in [0.4, 0.5) is 13.2 Å². The van der Waals surface area contributed by atoms with Gasteiger partial charge in [0.25, 0.3) is 0 Å². The highest BCUT2D eigenvalue weighted by molar-refractivity contribution is 6.06. The van der Waals surface area contributed by atoms with Crippen molar-refractivity contribution in [1.29, 1.82) is 0 Å². The third-order valence-corrected chi connectivity index (χ3v) is 3.39. The van der Waals surface area contributed by atoms with E-state index >= 15 is 0 Å². The third kappa shape index (κ3) is 5.47. The molecule has 0 aromatic heterocycles. The maximum atomic E-state index is 12.5. The second-order valence-electron chi connectivity index (χ2n) is 5.21. The number of hydrogen-bond donors (Lipinski definition) is 0. The zero-order chi connectivity index (χ0) is 19.2. The van der Waals surface area contributed by atoms with E-state index in [1.807, 2.05) is 0 Å². The van der Waals surface area contributed by atoms with E-state index in [2.05, 4.69) is 4.74 Å². The number of alkyl halides is 3. The molecule has 7 heteroatoms. The lowest BCUT2D eigenvalue weighted by molar-refractivity contribution is -0.143. The fourth-order valence-electron chi connectivity index (χ4n) is 1.97. The van der Waals surface area contributed by atoms with Gasteiger partial charge in [-0.05, 0) is 48.0 Å². The van der Waals surface area contributed by atoms with E-state index in [0.29, 0.717) is 16.9 Å². The molecule has 0 saturated carbocycles. The van der Waals surface area contributed by atoms with Crippen molar-refractivity contribution in [3.63, 3.8) is 0 Å². The summed E-state index contributed by atoms with van der Waals surface area (Å²) in [5, 5.41) is 0. The Labute approximate surface area is 147 Å². The summed E-state index contributed by atoms with van der Waals surface area (Å²) in [7, 11) is 1.25. The molecule has 0 saturated heterocycles. The normalized spacial score (nSPS) is 11.4. The Morgan fingerprint density at radius 3 is 2.15 bits per heavy atom. The molecule has 0 aliphatic rings. The molecule has 0 heterocycles. The molecule has 4 nitrogen and oxygen atoms in total. The third-order valence-electron chi connectivity index (χ3n) is 3.39. The predicted octanol–water partition coefficient (Wildman–Crippen LogP) is 4.15. The highest BCUT2D eigenvalue weighted by atomic mass is 19.4. The molecule has 0 aliphatic heterocycles. The van der Waals surface area contributed by atoms with Crippen LogP contribution in [0, 0.1) is 0 Å². The van der Waals surface area contributed by atoms with Crippen molar-refractivity contribution in [3.8, 4) is 5.75 Å². The molecule has 136 valence electrons. The van der Waals surface area contributed by atoms with Gasteiger partial charge in [-0.2, -0.15) is 13.2 Å². The molecule has 0 bridgehead atoms. The molecule has 26 heavy (non-hydrogen) atoms. The number of methoxy groups -OCH3 is 1. The van der Waals surface area contributed by atoms with Crippen molar-refractivity contribution < 1.29 is 32.2 Å². The minimum atomic E-state index is -4.39. The Hall–Kier alpha value is -3.09. The lowest BCUT2D eigenvalue weighted by Gasteiger charge is -2.06. The molecule has 0 fully saturated rings. The lowest BCUT2D eigenvalue weighted by atomic mass is 10.1. The van der Waals surface area contributed by atoms with Crippen LogP contribution >= 0.6 is 0 Å². The van der Waals surface area contributed by atoms with Gasteiger partial charge >= 0.3 is 12.1 Å². The summed E-state index contributed by atoms with van der Waals surface area (Å²) in [6.07, 6.45) is -1.69. The average Bonchev–Trinajstić information content (AvgIpc) is 2.64. The topological polar surface area (TPSA) is 52.6 Å². The molecule has 0 atom stereocenters. The Morgan fingerprint density at radius 2 is 1.62 bits per heavy atom. The van der Waals surface area contributed by atoms with Crippen molar-refractivity contribution in [2.24, 2.45) is 0 Å². The van der Waals surface area contributed by atoms with Crippen LogP contribution in [0.1, 0.15) is 21.5 Å². The summed E-state index contributed by atoms with van der Waals surface area (Å²) >= 11 is 0. The number of ether oxygens (including phenoxy) is 2. The molecular weight excluding hydrogens is 349 g/mol. The molecule has 0 N–H and O–H groups in total. The molecule has 2 rings (SSSR count). The monoisotopic (exact) mass is 364 g/mol. The number of rotatable bonds is 6. The van der Waals surface area contributed by atoms with Crippen molar-refractivity contribution in [1.82, 2.24) is 0 Å². The van der Waals surface area contributed by atoms with E-state index in [1.54, 1.807) is 0 Å². The summed E-state index contributed by atoms with van der Waals surface area (Å²) in [5.74, 6) is -0.437. The zero-order valence-electron chi connectivity index (χ0n) is 13.7. The van der Waals surface area contributed by atoms with Crippen LogP contribution in [0.5, 0.6) is 5.75 Å². The first-order chi connectivity index (χ1) is 12.3. The van der Waals surface area contributed by atoms with Crippen LogP contribution in [0.25, 0.3) is 6.08 Å². The van der Waals surface area contributed by atoms with Gasteiger partial charge in [0.05, 0.1) is 12.7 Å². The Balaban J connectivity index is 1.98. The summed E-state index contributed by atoms with van der Waals surface area (Å²) in [6.45, 7) is -0.238. The molecular formula is C19H15F3O4. The first-order valence-corrected chi connectivity index (χ1v) is 7.49. The summed E-state index contributed by atoms with van der Waals surface area (Å²) in [5.41, 5.74) is 0.103. The highest BCUT2D eigenvalue weighted by Gasteiger charge is 2.29. The van der Waals surface area contributed by atoms with Crippen molar-refractivity contribution >= 4 is 17.8 Å². The van der Waals surface area contributed by atoms with E-state index in [9.17, 15) is 22.8 Å². The number of halogens is 3. The predicted molar refractivity (Wildman–Crippen MR) is 88.8 cm³/mol. The number of allylic oxidation sites excluding steroid dienone is 1. The highest BCUT2D eigenvalue weighted by Crippen LogP contribution is 2.29. The standard InChI is InChI=1S/C19H15F3O4/c1-25-18(24)12-26-16-9-5-14(6-10-16)17(23)11-4-13-2-7-15(8-3-13)19(20,21)22/h2-11H,12H2,1H3/b11-4+. The van der Waals surface area contributed by atoms with Crippen molar-refractivity contribution in [2.45, 2.75) is 6.18 Å². The van der Waals surface area contributed by atoms with E-state index in [1.165, 1.54) is 55.7 Å². The van der Waals surface area contributed by atoms with Gasteiger partial charge in [0, 0.05) is 5.56 Å². The molecule has 0 spiro atoms. The van der Waals surface area contributed by atoms with Gasteiger partial charge < -0.3 is 9.47 Å². The first kappa shape index (κ1) is 19.2. The van der Waals surface area contributed by atoms with Crippen LogP contribution in [0.3, 0.4) is 0 Å². The Bertz CT molecular complexity index is 791. The molecule has 0 aliphatic carbocycles. The maximum absolute atomic E-state index is 12.5. The quantitative estimate of drug-likeness (QED) is 0.439. The summed E-state index contributed by atoms with van der Waals surface area (Å²) in [6, 6.07) is 10.6. The fraction of sp³-hybridized carbons (Fsp3) is 0.158. The van der Waals surface area contributed by atoms with Crippen LogP contribution in [0.15, 0.2) is 54.6 Å². The van der Waals surface area contributed by atoms with Gasteiger partial charge in [0.15, 0.2) is 12.4 Å². The van der Waals surface area contributed by atoms with Crippen LogP contribution in [-0.4, -0.2) is 25.5 Å². The second-order valence-corrected chi connectivity index (χ2v) is 5.21. The lowest BCUT2D eigenvalue weighted by Crippen LogP contribution is -2.12. The number of esters is 1. The number of hydrogen-bond acceptors (Lipinski definition) is 4. The first-order valence-electron chi connectivity index (χ1n) is 7.49. The number of benzene rings is 2. The average molecular weight is 364 g/mol. The Morgan fingerprint density at radius 1 is 1.00 bits per heavy atom. The zero-order valence-corrected chi connectivity index (χ0v) is 13.7. The number of carbonyl (C=O) groups is 2. The van der Waals surface area contributed by atoms with Crippen LogP contribution in [0.2, 0.25) is 0 Å². The van der Waals surface area contributed by atoms with Gasteiger partial charge in [0.2, 0.25) is 0 Å². The van der Waals surface area contributed by atoms with E-state index in [0.717, 1.165) is 12.1 Å². The second kappa shape index (κ2) is 8.33. The minimum Gasteiger partial charge on any atom is -0.482 e. The van der Waals surface area contributed by atoms with Crippen LogP contribution in [-0.2, 0) is 15.7 Å². The number of ketones is 1. The van der Waals surface area contributed by atoms with E-state index in [-0.39, 0.29) is 12.4 Å². The summed E-state index contributed by atoms with van der Waals surface area (Å²) < 4.78 is 47.1. The molecule has 2 aromatic carbocycles. The van der Waals surface area contributed by atoms with E-state index in [4.69, 9.17) is 4.74 Å². The van der Waals surface area contributed by atoms with E-state index < -0.39 is 17.7 Å². The largest absolute Gasteiger partial charge is 0.482 e. The smallest absolute Gasteiger partial charge is 0.416 e. The van der Waals surface area contributed by atoms with Gasteiger partial charge in [-0.3, -0.25) is 4.79 Å². The molecule has 0 amide bonds. The van der Waals surface area contributed by atoms with Crippen LogP contribution < -0.4 is 4.74 Å². The molecule has 2 aromatic rings. The van der Waals surface area contributed by atoms with Crippen molar-refractivity contribution in [3.05, 3.63) is 71.3 Å². The molecule has 0 unspecified atom stereocenters. The van der Waals surface area contributed by atoms with Gasteiger partial charge in [-0.1, -0.05) is 18.2 Å². The SMILES string of the molecule is COC(=O)COc1ccc(C(=O)/C=C/c2ccc(C(F)(F)F)cc2)cc1. The van der Waals surface area contributed by atoms with Gasteiger partial charge in [0.1, 0.15) is 5.75 Å². The number of carbonyl (C=O) groups excluding carboxylic acids is 2. The molecule has 0 radical (unpaired) electrons.